The summed E-state index contributed by atoms with van der Waals surface area (Å²) in [6, 6.07) is 10.3. The predicted octanol–water partition coefficient (Wildman–Crippen LogP) is 3.03. The third kappa shape index (κ3) is 2.46. The molecule has 74 valence electrons. The summed E-state index contributed by atoms with van der Waals surface area (Å²) in [5.74, 6) is 1.45. The van der Waals surface area contributed by atoms with E-state index in [2.05, 4.69) is 18.7 Å². The first-order valence-corrected chi connectivity index (χ1v) is 5.14. The van der Waals surface area contributed by atoms with Crippen molar-refractivity contribution >= 4 is 0 Å². The zero-order valence-corrected chi connectivity index (χ0v) is 8.36. The van der Waals surface area contributed by atoms with Crippen molar-refractivity contribution in [1.29, 1.82) is 0 Å². The summed E-state index contributed by atoms with van der Waals surface area (Å²) in [6.07, 6.45) is 3.30. The quantitative estimate of drug-likeness (QED) is 0.645. The van der Waals surface area contributed by atoms with Crippen molar-refractivity contribution in [3.8, 4) is 0 Å². The summed E-state index contributed by atoms with van der Waals surface area (Å²) in [5.41, 5.74) is 1.25. The Labute approximate surface area is 85.4 Å². The van der Waals surface area contributed by atoms with Gasteiger partial charge in [-0.15, -0.1) is 6.58 Å². The van der Waals surface area contributed by atoms with Gasteiger partial charge >= 0.3 is 0 Å². The molecule has 1 aromatic rings. The highest BCUT2D eigenvalue weighted by molar-refractivity contribution is 5.13. The Hall–Kier alpha value is -1.08. The van der Waals surface area contributed by atoms with Gasteiger partial charge in [-0.05, 0) is 23.8 Å². The van der Waals surface area contributed by atoms with E-state index >= 15 is 0 Å². The van der Waals surface area contributed by atoms with Crippen LogP contribution in [0.3, 0.4) is 0 Å². The topological polar surface area (TPSA) is 9.23 Å². The Morgan fingerprint density at radius 2 is 2.14 bits per heavy atom. The first-order chi connectivity index (χ1) is 6.90. The second kappa shape index (κ2) is 4.43. The normalized spacial score (nSPS) is 24.6. The largest absolute Gasteiger partial charge is 0.376 e. The van der Waals surface area contributed by atoms with Gasteiger partial charge in [-0.3, -0.25) is 0 Å². The lowest BCUT2D eigenvalue weighted by molar-refractivity contribution is 0.109. The number of hydrogen-bond acceptors (Lipinski definition) is 1. The summed E-state index contributed by atoms with van der Waals surface area (Å²) in [7, 11) is 0. The van der Waals surface area contributed by atoms with E-state index in [1.807, 2.05) is 24.3 Å². The third-order valence-corrected chi connectivity index (χ3v) is 2.72. The molecule has 1 saturated carbocycles. The van der Waals surface area contributed by atoms with E-state index in [1.165, 1.54) is 12.0 Å². The smallest absolute Gasteiger partial charge is 0.0717 e. The fraction of sp³-hybridized carbons (Fsp3) is 0.385. The van der Waals surface area contributed by atoms with Crippen LogP contribution >= 0.6 is 0 Å². The van der Waals surface area contributed by atoms with Crippen molar-refractivity contribution in [1.82, 2.24) is 0 Å². The van der Waals surface area contributed by atoms with E-state index in [0.29, 0.717) is 5.92 Å². The number of hydrogen-bond donors (Lipinski definition) is 0. The molecule has 14 heavy (non-hydrogen) atoms. The first kappa shape index (κ1) is 9.47. The molecule has 1 aliphatic carbocycles. The van der Waals surface area contributed by atoms with Crippen LogP contribution < -0.4 is 0 Å². The van der Waals surface area contributed by atoms with Crippen LogP contribution in [-0.4, -0.2) is 6.61 Å². The fourth-order valence-electron chi connectivity index (χ4n) is 1.65. The minimum absolute atomic E-state index is 0.714. The highest BCUT2D eigenvalue weighted by Crippen LogP contribution is 2.39. The van der Waals surface area contributed by atoms with E-state index in [0.717, 1.165) is 19.1 Å². The van der Waals surface area contributed by atoms with E-state index in [4.69, 9.17) is 4.74 Å². The zero-order valence-electron chi connectivity index (χ0n) is 8.36. The molecule has 1 aliphatic rings. The van der Waals surface area contributed by atoms with Crippen molar-refractivity contribution in [2.45, 2.75) is 13.0 Å². The minimum atomic E-state index is 0.714. The van der Waals surface area contributed by atoms with E-state index in [-0.39, 0.29) is 0 Å². The molecule has 0 spiro atoms. The van der Waals surface area contributed by atoms with Crippen LogP contribution in [-0.2, 0) is 11.3 Å². The van der Waals surface area contributed by atoms with E-state index < -0.39 is 0 Å². The maximum atomic E-state index is 5.63. The Morgan fingerprint density at radius 1 is 1.36 bits per heavy atom. The van der Waals surface area contributed by atoms with Gasteiger partial charge in [0.15, 0.2) is 0 Å². The molecule has 1 aromatic carbocycles. The van der Waals surface area contributed by atoms with Crippen molar-refractivity contribution < 1.29 is 4.74 Å². The molecule has 0 aliphatic heterocycles. The van der Waals surface area contributed by atoms with Crippen molar-refractivity contribution in [3.05, 3.63) is 48.6 Å². The first-order valence-electron chi connectivity index (χ1n) is 5.14. The van der Waals surface area contributed by atoms with E-state index in [9.17, 15) is 0 Å². The summed E-state index contributed by atoms with van der Waals surface area (Å²) < 4.78 is 5.63. The van der Waals surface area contributed by atoms with Gasteiger partial charge in [0.2, 0.25) is 0 Å². The Bertz CT molecular complexity index is 291. The SMILES string of the molecule is C=CC1C[C@H]1COCc1ccccc1. The molecular weight excluding hydrogens is 172 g/mol. The lowest BCUT2D eigenvalue weighted by Gasteiger charge is -2.02. The number of benzene rings is 1. The van der Waals surface area contributed by atoms with Crippen LogP contribution in [0.2, 0.25) is 0 Å². The van der Waals surface area contributed by atoms with Crippen LogP contribution in [0.1, 0.15) is 12.0 Å². The average molecular weight is 188 g/mol. The molecule has 1 nitrogen and oxygen atoms in total. The van der Waals surface area contributed by atoms with Crippen LogP contribution in [0.5, 0.6) is 0 Å². The Kier molecular flexibility index (Phi) is 3.00. The van der Waals surface area contributed by atoms with Gasteiger partial charge in [0, 0.05) is 0 Å². The molecule has 1 fully saturated rings. The van der Waals surface area contributed by atoms with Crippen molar-refractivity contribution in [3.63, 3.8) is 0 Å². The minimum Gasteiger partial charge on any atom is -0.376 e. The highest BCUT2D eigenvalue weighted by Gasteiger charge is 2.33. The lowest BCUT2D eigenvalue weighted by Crippen LogP contribution is -1.97. The van der Waals surface area contributed by atoms with Crippen LogP contribution in [0.15, 0.2) is 43.0 Å². The summed E-state index contributed by atoms with van der Waals surface area (Å²) in [4.78, 5) is 0. The summed E-state index contributed by atoms with van der Waals surface area (Å²) in [6.45, 7) is 5.40. The van der Waals surface area contributed by atoms with Gasteiger partial charge in [-0.1, -0.05) is 36.4 Å². The summed E-state index contributed by atoms with van der Waals surface area (Å²) in [5, 5.41) is 0. The van der Waals surface area contributed by atoms with Crippen LogP contribution in [0.25, 0.3) is 0 Å². The molecule has 1 unspecified atom stereocenters. The molecule has 0 heterocycles. The van der Waals surface area contributed by atoms with Crippen molar-refractivity contribution in [2.75, 3.05) is 6.61 Å². The molecule has 1 heteroatoms. The number of rotatable bonds is 5. The van der Waals surface area contributed by atoms with Gasteiger partial charge in [0.25, 0.3) is 0 Å². The molecule has 0 amide bonds. The highest BCUT2D eigenvalue weighted by atomic mass is 16.5. The Morgan fingerprint density at radius 3 is 2.79 bits per heavy atom. The summed E-state index contributed by atoms with van der Waals surface area (Å²) >= 11 is 0. The van der Waals surface area contributed by atoms with Gasteiger partial charge in [0.1, 0.15) is 0 Å². The zero-order chi connectivity index (χ0) is 9.80. The monoisotopic (exact) mass is 188 g/mol. The van der Waals surface area contributed by atoms with Gasteiger partial charge in [0.05, 0.1) is 13.2 Å². The Balaban J connectivity index is 1.67. The van der Waals surface area contributed by atoms with Crippen molar-refractivity contribution in [2.24, 2.45) is 11.8 Å². The molecule has 0 N–H and O–H groups in total. The van der Waals surface area contributed by atoms with Crippen LogP contribution in [0.4, 0.5) is 0 Å². The van der Waals surface area contributed by atoms with Crippen LogP contribution in [0, 0.1) is 11.8 Å². The molecule has 0 saturated heterocycles. The number of ether oxygens (including phenoxy) is 1. The molecular formula is C13H16O. The maximum Gasteiger partial charge on any atom is 0.0717 e. The fourth-order valence-corrected chi connectivity index (χ4v) is 1.65. The van der Waals surface area contributed by atoms with E-state index in [1.54, 1.807) is 0 Å². The number of allylic oxidation sites excluding steroid dienone is 1. The van der Waals surface area contributed by atoms with Gasteiger partial charge < -0.3 is 4.74 Å². The average Bonchev–Trinajstić information content (AvgIpc) is 2.98. The lowest BCUT2D eigenvalue weighted by atomic mass is 10.2. The second-order valence-electron chi connectivity index (χ2n) is 3.90. The van der Waals surface area contributed by atoms with Gasteiger partial charge in [-0.25, -0.2) is 0 Å². The maximum absolute atomic E-state index is 5.63. The molecule has 0 bridgehead atoms. The predicted molar refractivity (Wildman–Crippen MR) is 57.9 cm³/mol. The molecule has 0 radical (unpaired) electrons. The molecule has 0 aromatic heterocycles. The standard InChI is InChI=1S/C13H16O/c1-2-12-8-13(12)10-14-9-11-6-4-3-5-7-11/h2-7,12-13H,1,8-10H2/t12?,13-/m0/s1. The second-order valence-corrected chi connectivity index (χ2v) is 3.90. The molecule has 2 rings (SSSR count). The molecule has 2 atom stereocenters. The van der Waals surface area contributed by atoms with Gasteiger partial charge in [-0.2, -0.15) is 0 Å². The third-order valence-electron chi connectivity index (χ3n) is 2.72.